The van der Waals surface area contributed by atoms with Gasteiger partial charge in [-0.25, -0.2) is 0 Å². The van der Waals surface area contributed by atoms with Gasteiger partial charge in [0.05, 0.1) is 19.3 Å². The van der Waals surface area contributed by atoms with E-state index in [2.05, 4.69) is 23.5 Å². The minimum Gasteiger partial charge on any atom is -0.378 e. The molecule has 0 saturated carbocycles. The van der Waals surface area contributed by atoms with E-state index in [1.165, 1.54) is 29.5 Å². The summed E-state index contributed by atoms with van der Waals surface area (Å²) in [4.78, 5) is 0. The second kappa shape index (κ2) is 6.04. The molecule has 1 saturated heterocycles. The Bertz CT molecular complexity index is 427. The molecule has 3 nitrogen and oxygen atoms in total. The SMILES string of the molecule is CNC(CCC1CCCO1)c1ccc2c(c1)COC2. The lowest BCUT2D eigenvalue weighted by Gasteiger charge is -2.19. The summed E-state index contributed by atoms with van der Waals surface area (Å²) in [6.07, 6.45) is 5.23. The Labute approximate surface area is 115 Å². The van der Waals surface area contributed by atoms with Crippen molar-refractivity contribution in [3.05, 3.63) is 34.9 Å². The topological polar surface area (TPSA) is 30.5 Å². The van der Waals surface area contributed by atoms with Crippen molar-refractivity contribution in [2.45, 2.75) is 51.0 Å². The smallest absolute Gasteiger partial charge is 0.0725 e. The van der Waals surface area contributed by atoms with E-state index in [-0.39, 0.29) is 0 Å². The van der Waals surface area contributed by atoms with Gasteiger partial charge in [-0.15, -0.1) is 0 Å². The minimum absolute atomic E-state index is 0.426. The van der Waals surface area contributed by atoms with Crippen LogP contribution >= 0.6 is 0 Å². The summed E-state index contributed by atoms with van der Waals surface area (Å²) in [5.74, 6) is 0. The van der Waals surface area contributed by atoms with Crippen LogP contribution in [-0.4, -0.2) is 19.8 Å². The summed E-state index contributed by atoms with van der Waals surface area (Å²) >= 11 is 0. The predicted molar refractivity (Wildman–Crippen MR) is 74.9 cm³/mol. The summed E-state index contributed by atoms with van der Waals surface area (Å²) < 4.78 is 11.2. The van der Waals surface area contributed by atoms with Crippen molar-refractivity contribution >= 4 is 0 Å². The third-order valence-electron chi connectivity index (χ3n) is 4.30. The van der Waals surface area contributed by atoms with Gasteiger partial charge in [0.15, 0.2) is 0 Å². The monoisotopic (exact) mass is 261 g/mol. The summed E-state index contributed by atoms with van der Waals surface area (Å²) in [6.45, 7) is 2.49. The molecule has 2 heterocycles. The molecule has 2 unspecified atom stereocenters. The zero-order chi connectivity index (χ0) is 13.1. The van der Waals surface area contributed by atoms with Crippen LogP contribution in [0.5, 0.6) is 0 Å². The number of hydrogen-bond donors (Lipinski definition) is 1. The van der Waals surface area contributed by atoms with E-state index in [4.69, 9.17) is 9.47 Å². The number of fused-ring (bicyclic) bond motifs is 1. The molecule has 2 atom stereocenters. The molecule has 1 fully saturated rings. The van der Waals surface area contributed by atoms with E-state index in [0.717, 1.165) is 32.7 Å². The van der Waals surface area contributed by atoms with Gasteiger partial charge in [-0.05, 0) is 49.4 Å². The summed E-state index contributed by atoms with van der Waals surface area (Å²) in [5.41, 5.74) is 4.08. The van der Waals surface area contributed by atoms with Crippen LogP contribution in [0.25, 0.3) is 0 Å². The Morgan fingerprint density at radius 1 is 1.32 bits per heavy atom. The van der Waals surface area contributed by atoms with Crippen LogP contribution in [0.2, 0.25) is 0 Å². The minimum atomic E-state index is 0.426. The van der Waals surface area contributed by atoms with Gasteiger partial charge in [-0.2, -0.15) is 0 Å². The molecule has 104 valence electrons. The zero-order valence-corrected chi connectivity index (χ0v) is 11.7. The van der Waals surface area contributed by atoms with E-state index < -0.39 is 0 Å². The summed E-state index contributed by atoms with van der Waals surface area (Å²) in [6, 6.07) is 7.19. The molecule has 0 amide bonds. The lowest BCUT2D eigenvalue weighted by atomic mass is 9.96. The molecule has 0 aliphatic carbocycles. The van der Waals surface area contributed by atoms with Crippen LogP contribution in [0.15, 0.2) is 18.2 Å². The van der Waals surface area contributed by atoms with E-state index >= 15 is 0 Å². The second-order valence-electron chi connectivity index (χ2n) is 5.57. The molecule has 0 aromatic heterocycles. The number of nitrogens with one attached hydrogen (secondary N) is 1. The van der Waals surface area contributed by atoms with Gasteiger partial charge in [0.25, 0.3) is 0 Å². The first-order valence-electron chi connectivity index (χ1n) is 7.35. The number of ether oxygens (including phenoxy) is 2. The van der Waals surface area contributed by atoms with Gasteiger partial charge in [0.2, 0.25) is 0 Å². The highest BCUT2D eigenvalue weighted by molar-refractivity contribution is 5.34. The molecule has 0 spiro atoms. The normalized spacial score (nSPS) is 23.5. The number of benzene rings is 1. The molecule has 1 aromatic rings. The average molecular weight is 261 g/mol. The highest BCUT2D eigenvalue weighted by atomic mass is 16.5. The Hall–Kier alpha value is -0.900. The second-order valence-corrected chi connectivity index (χ2v) is 5.57. The Balaban J connectivity index is 1.64. The van der Waals surface area contributed by atoms with Crippen LogP contribution in [0.1, 0.15) is 48.4 Å². The van der Waals surface area contributed by atoms with Gasteiger partial charge < -0.3 is 14.8 Å². The van der Waals surface area contributed by atoms with Gasteiger partial charge >= 0.3 is 0 Å². The molecule has 3 rings (SSSR count). The number of rotatable bonds is 5. The Kier molecular flexibility index (Phi) is 4.16. The molecular formula is C16H23NO2. The van der Waals surface area contributed by atoms with Crippen molar-refractivity contribution in [1.29, 1.82) is 0 Å². The van der Waals surface area contributed by atoms with E-state index in [1.807, 2.05) is 7.05 Å². The largest absolute Gasteiger partial charge is 0.378 e. The molecule has 0 radical (unpaired) electrons. The van der Waals surface area contributed by atoms with Crippen LogP contribution in [0.4, 0.5) is 0 Å². The van der Waals surface area contributed by atoms with Crippen LogP contribution in [-0.2, 0) is 22.7 Å². The summed E-state index contributed by atoms with van der Waals surface area (Å²) in [7, 11) is 2.05. The molecule has 0 bridgehead atoms. The first-order valence-corrected chi connectivity index (χ1v) is 7.35. The molecule has 2 aliphatic heterocycles. The van der Waals surface area contributed by atoms with Crippen LogP contribution in [0, 0.1) is 0 Å². The first-order chi connectivity index (χ1) is 9.36. The lowest BCUT2D eigenvalue weighted by Crippen LogP contribution is -2.19. The third kappa shape index (κ3) is 2.99. The van der Waals surface area contributed by atoms with E-state index in [1.54, 1.807) is 0 Å². The molecule has 1 N–H and O–H groups in total. The maximum Gasteiger partial charge on any atom is 0.0725 e. The molecule has 3 heteroatoms. The van der Waals surface area contributed by atoms with Crippen LogP contribution < -0.4 is 5.32 Å². The molecular weight excluding hydrogens is 238 g/mol. The number of hydrogen-bond acceptors (Lipinski definition) is 3. The van der Waals surface area contributed by atoms with Crippen molar-refractivity contribution in [3.8, 4) is 0 Å². The van der Waals surface area contributed by atoms with Crippen molar-refractivity contribution in [2.75, 3.05) is 13.7 Å². The molecule has 1 aromatic carbocycles. The van der Waals surface area contributed by atoms with Gasteiger partial charge in [-0.3, -0.25) is 0 Å². The maximum atomic E-state index is 5.71. The fourth-order valence-corrected chi connectivity index (χ4v) is 3.11. The molecule has 19 heavy (non-hydrogen) atoms. The van der Waals surface area contributed by atoms with E-state index in [9.17, 15) is 0 Å². The quantitative estimate of drug-likeness (QED) is 0.884. The van der Waals surface area contributed by atoms with Gasteiger partial charge in [0.1, 0.15) is 0 Å². The van der Waals surface area contributed by atoms with Crippen molar-refractivity contribution in [2.24, 2.45) is 0 Å². The first kappa shape index (κ1) is 13.1. The van der Waals surface area contributed by atoms with Gasteiger partial charge in [-0.1, -0.05) is 18.2 Å². The fourth-order valence-electron chi connectivity index (χ4n) is 3.11. The van der Waals surface area contributed by atoms with Crippen molar-refractivity contribution in [3.63, 3.8) is 0 Å². The Morgan fingerprint density at radius 3 is 3.00 bits per heavy atom. The average Bonchev–Trinajstić information content (AvgIpc) is 3.09. The van der Waals surface area contributed by atoms with Crippen molar-refractivity contribution in [1.82, 2.24) is 5.32 Å². The third-order valence-corrected chi connectivity index (χ3v) is 4.30. The standard InChI is InChI=1S/C16H23NO2/c1-17-16(7-6-15-3-2-8-19-15)12-4-5-13-10-18-11-14(13)9-12/h4-5,9,15-17H,2-3,6-8,10-11H2,1H3. The summed E-state index contributed by atoms with van der Waals surface area (Å²) in [5, 5.41) is 3.44. The Morgan fingerprint density at radius 2 is 2.21 bits per heavy atom. The fraction of sp³-hybridized carbons (Fsp3) is 0.625. The predicted octanol–water partition coefficient (Wildman–Crippen LogP) is 2.94. The zero-order valence-electron chi connectivity index (χ0n) is 11.7. The van der Waals surface area contributed by atoms with Crippen LogP contribution in [0.3, 0.4) is 0 Å². The maximum absolute atomic E-state index is 5.71. The van der Waals surface area contributed by atoms with E-state index in [0.29, 0.717) is 12.1 Å². The molecule has 2 aliphatic rings. The van der Waals surface area contributed by atoms with Crippen molar-refractivity contribution < 1.29 is 9.47 Å². The lowest BCUT2D eigenvalue weighted by molar-refractivity contribution is 0.0998. The van der Waals surface area contributed by atoms with Gasteiger partial charge in [0, 0.05) is 12.6 Å². The highest BCUT2D eigenvalue weighted by Crippen LogP contribution is 2.27. The highest BCUT2D eigenvalue weighted by Gasteiger charge is 2.19.